The van der Waals surface area contributed by atoms with Gasteiger partial charge in [-0.1, -0.05) is 35.0 Å². The number of aromatic nitrogens is 2. The van der Waals surface area contributed by atoms with E-state index in [1.807, 2.05) is 38.1 Å². The van der Waals surface area contributed by atoms with Gasteiger partial charge in [0.25, 0.3) is 5.91 Å². The molecule has 0 saturated carbocycles. The Morgan fingerprint density at radius 3 is 2.57 bits per heavy atom. The van der Waals surface area contributed by atoms with Crippen LogP contribution in [0.1, 0.15) is 34.2 Å². The number of hydrogen-bond acceptors (Lipinski definition) is 3. The summed E-state index contributed by atoms with van der Waals surface area (Å²) in [6.07, 6.45) is 1.65. The van der Waals surface area contributed by atoms with Gasteiger partial charge in [-0.05, 0) is 43.5 Å². The molecule has 0 atom stereocenters. The molecule has 1 aromatic heterocycles. The lowest BCUT2D eigenvalue weighted by atomic mass is 10.1. The molecule has 4 nitrogen and oxygen atoms in total. The highest BCUT2D eigenvalue weighted by Crippen LogP contribution is 2.14. The maximum Gasteiger partial charge on any atom is 0.257 e. The number of benzene rings is 1. The van der Waals surface area contributed by atoms with E-state index in [4.69, 9.17) is 0 Å². The fourth-order valence-corrected chi connectivity index (χ4v) is 2.49. The summed E-state index contributed by atoms with van der Waals surface area (Å²) in [6.45, 7) is 3.80. The highest BCUT2D eigenvalue weighted by molar-refractivity contribution is 9.09. The van der Waals surface area contributed by atoms with Gasteiger partial charge in [-0.2, -0.15) is 10.2 Å². The van der Waals surface area contributed by atoms with Gasteiger partial charge in [0.15, 0.2) is 0 Å². The van der Waals surface area contributed by atoms with Crippen molar-refractivity contribution in [3.63, 3.8) is 0 Å². The average molecular weight is 348 g/mol. The largest absolute Gasteiger partial charge is 0.322 e. The summed E-state index contributed by atoms with van der Waals surface area (Å²) in [5, 5.41) is 11.9. The Bertz CT molecular complexity index is 626. The molecule has 2 aromatic rings. The van der Waals surface area contributed by atoms with Crippen molar-refractivity contribution < 1.29 is 4.79 Å². The van der Waals surface area contributed by atoms with Crippen molar-refractivity contribution in [1.82, 2.24) is 10.2 Å². The molecule has 0 fully saturated rings. The lowest BCUT2D eigenvalue weighted by Gasteiger charge is -2.09. The molecule has 0 aliphatic carbocycles. The molecule has 0 unspecified atom stereocenters. The number of hydrogen-bond donors (Lipinski definition) is 1. The van der Waals surface area contributed by atoms with Crippen LogP contribution in [0.25, 0.3) is 0 Å². The van der Waals surface area contributed by atoms with Crippen LogP contribution in [0.5, 0.6) is 0 Å². The zero-order chi connectivity index (χ0) is 15.2. The minimum absolute atomic E-state index is 0.141. The first kappa shape index (κ1) is 15.6. The number of nitrogens with zero attached hydrogens (tertiary/aromatic N) is 2. The molecule has 21 heavy (non-hydrogen) atoms. The number of amides is 1. The third-order valence-electron chi connectivity index (χ3n) is 3.17. The van der Waals surface area contributed by atoms with Crippen LogP contribution in [-0.4, -0.2) is 21.4 Å². The molecule has 1 heterocycles. The number of alkyl halides is 1. The molecule has 0 bridgehead atoms. The summed E-state index contributed by atoms with van der Waals surface area (Å²) >= 11 is 3.42. The number of carbonyl (C=O) groups excluding carboxylic acids is 1. The maximum absolute atomic E-state index is 12.4. The van der Waals surface area contributed by atoms with Gasteiger partial charge in [-0.3, -0.25) is 4.79 Å². The Labute approximate surface area is 133 Å². The quantitative estimate of drug-likeness (QED) is 0.841. The van der Waals surface area contributed by atoms with E-state index in [0.29, 0.717) is 17.7 Å². The van der Waals surface area contributed by atoms with Crippen LogP contribution in [0.4, 0.5) is 5.69 Å². The molecule has 2 rings (SSSR count). The van der Waals surface area contributed by atoms with E-state index in [0.717, 1.165) is 23.1 Å². The second-order valence-corrected chi connectivity index (χ2v) is 5.58. The molecule has 5 heteroatoms. The van der Waals surface area contributed by atoms with Gasteiger partial charge in [0.2, 0.25) is 0 Å². The first-order chi connectivity index (χ1) is 10.1. The lowest BCUT2D eigenvalue weighted by Crippen LogP contribution is -2.16. The fourth-order valence-electron chi connectivity index (χ4n) is 2.03. The van der Waals surface area contributed by atoms with Crippen molar-refractivity contribution in [3.8, 4) is 0 Å². The number of halogens is 1. The second kappa shape index (κ2) is 7.31. The Balaban J connectivity index is 2.15. The minimum atomic E-state index is -0.141. The number of carbonyl (C=O) groups is 1. The molecule has 0 aliphatic heterocycles. The summed E-state index contributed by atoms with van der Waals surface area (Å²) in [5.41, 5.74) is 4.07. The third kappa shape index (κ3) is 4.11. The van der Waals surface area contributed by atoms with E-state index in [1.165, 1.54) is 5.56 Å². The van der Waals surface area contributed by atoms with Crippen molar-refractivity contribution in [2.75, 3.05) is 10.6 Å². The van der Waals surface area contributed by atoms with E-state index in [9.17, 15) is 4.79 Å². The predicted octanol–water partition coefficient (Wildman–Crippen LogP) is 3.54. The Morgan fingerprint density at radius 2 is 1.95 bits per heavy atom. The van der Waals surface area contributed by atoms with E-state index in [1.54, 1.807) is 6.07 Å². The molecule has 0 spiro atoms. The summed E-state index contributed by atoms with van der Waals surface area (Å²) in [5.74, 6) is -0.141. The minimum Gasteiger partial charge on any atom is -0.322 e. The standard InChI is InChI=1S/C16H18BrN3O/c1-3-15-14(10-11(2)19-20-15)16(21)18-13-6-4-12(5-7-13)8-9-17/h4-7,10H,3,8-9H2,1-2H3,(H,18,21). The molecule has 1 amide bonds. The second-order valence-electron chi connectivity index (χ2n) is 4.79. The SMILES string of the molecule is CCc1nnc(C)cc1C(=O)Nc1ccc(CCBr)cc1. The number of aryl methyl sites for hydroxylation is 3. The van der Waals surface area contributed by atoms with Crippen molar-refractivity contribution in [3.05, 3.63) is 52.8 Å². The van der Waals surface area contributed by atoms with Gasteiger partial charge < -0.3 is 5.32 Å². The Morgan fingerprint density at radius 1 is 1.24 bits per heavy atom. The summed E-state index contributed by atoms with van der Waals surface area (Å²) in [4.78, 5) is 12.4. The average Bonchev–Trinajstić information content (AvgIpc) is 2.49. The molecule has 0 aliphatic rings. The number of anilines is 1. The van der Waals surface area contributed by atoms with Gasteiger partial charge in [0.1, 0.15) is 0 Å². The van der Waals surface area contributed by atoms with E-state index >= 15 is 0 Å². The highest BCUT2D eigenvalue weighted by atomic mass is 79.9. The van der Waals surface area contributed by atoms with Gasteiger partial charge in [-0.15, -0.1) is 0 Å². The maximum atomic E-state index is 12.4. The van der Waals surface area contributed by atoms with Crippen molar-refractivity contribution in [1.29, 1.82) is 0 Å². The zero-order valence-corrected chi connectivity index (χ0v) is 13.8. The van der Waals surface area contributed by atoms with E-state index in [2.05, 4.69) is 31.4 Å². The molecule has 0 saturated heterocycles. The van der Waals surface area contributed by atoms with Crippen molar-refractivity contribution >= 4 is 27.5 Å². The molecule has 1 N–H and O–H groups in total. The van der Waals surface area contributed by atoms with Gasteiger partial charge in [-0.25, -0.2) is 0 Å². The van der Waals surface area contributed by atoms with Crippen LogP contribution in [0.3, 0.4) is 0 Å². The summed E-state index contributed by atoms with van der Waals surface area (Å²) < 4.78 is 0. The van der Waals surface area contributed by atoms with Crippen molar-refractivity contribution in [2.45, 2.75) is 26.7 Å². The molecule has 0 radical (unpaired) electrons. The Hall–Kier alpha value is -1.75. The van der Waals surface area contributed by atoms with Gasteiger partial charge >= 0.3 is 0 Å². The topological polar surface area (TPSA) is 54.9 Å². The van der Waals surface area contributed by atoms with Crippen molar-refractivity contribution in [2.24, 2.45) is 0 Å². The lowest BCUT2D eigenvalue weighted by molar-refractivity contribution is 0.102. The Kier molecular flexibility index (Phi) is 5.44. The zero-order valence-electron chi connectivity index (χ0n) is 12.2. The third-order valence-corrected chi connectivity index (χ3v) is 3.56. The first-order valence-corrected chi connectivity index (χ1v) is 8.05. The van der Waals surface area contributed by atoms with Gasteiger partial charge in [0.05, 0.1) is 17.0 Å². The van der Waals surface area contributed by atoms with Crippen LogP contribution in [-0.2, 0) is 12.8 Å². The van der Waals surface area contributed by atoms with Crippen LogP contribution >= 0.6 is 15.9 Å². The number of nitrogens with one attached hydrogen (secondary N) is 1. The van der Waals surface area contributed by atoms with Crippen LogP contribution in [0, 0.1) is 6.92 Å². The smallest absolute Gasteiger partial charge is 0.257 e. The number of rotatable bonds is 5. The summed E-state index contributed by atoms with van der Waals surface area (Å²) in [6, 6.07) is 9.66. The molecule has 110 valence electrons. The van der Waals surface area contributed by atoms with Crippen LogP contribution < -0.4 is 5.32 Å². The molecule has 1 aromatic carbocycles. The fraction of sp³-hybridized carbons (Fsp3) is 0.312. The van der Waals surface area contributed by atoms with E-state index in [-0.39, 0.29) is 5.91 Å². The molecular weight excluding hydrogens is 330 g/mol. The normalized spacial score (nSPS) is 10.4. The van der Waals surface area contributed by atoms with Gasteiger partial charge in [0, 0.05) is 11.0 Å². The van der Waals surface area contributed by atoms with E-state index < -0.39 is 0 Å². The van der Waals surface area contributed by atoms with Crippen LogP contribution in [0.15, 0.2) is 30.3 Å². The first-order valence-electron chi connectivity index (χ1n) is 6.93. The molecular formula is C16H18BrN3O. The summed E-state index contributed by atoms with van der Waals surface area (Å²) in [7, 11) is 0. The monoisotopic (exact) mass is 347 g/mol. The van der Waals surface area contributed by atoms with Crippen LogP contribution in [0.2, 0.25) is 0 Å². The predicted molar refractivity (Wildman–Crippen MR) is 88.0 cm³/mol. The highest BCUT2D eigenvalue weighted by Gasteiger charge is 2.13.